The van der Waals surface area contributed by atoms with Crippen LogP contribution in [0.4, 0.5) is 0 Å². The van der Waals surface area contributed by atoms with Crippen LogP contribution in [0.1, 0.15) is 32.3 Å². The van der Waals surface area contributed by atoms with E-state index in [1.54, 1.807) is 14.2 Å². The molecule has 6 nitrogen and oxygen atoms in total. The molecule has 1 N–H and O–H groups in total. The van der Waals surface area contributed by atoms with Gasteiger partial charge in [0, 0.05) is 19.6 Å². The Hall–Kier alpha value is -2.11. The lowest BCUT2D eigenvalue weighted by Crippen LogP contribution is -2.39. The standard InChI is InChI=1S/C18H29N3O3/c1-5-19-18(21-9-7-8-10-21)20-13-14-11-15(22-3)17(24-6-2)16(12-14)23-4/h11-12H,5-10,13H2,1-4H3,(H,19,20). The van der Waals surface area contributed by atoms with Crippen LogP contribution in [-0.2, 0) is 6.54 Å². The van der Waals surface area contributed by atoms with Crippen LogP contribution in [0.25, 0.3) is 0 Å². The lowest BCUT2D eigenvalue weighted by molar-refractivity contribution is 0.288. The summed E-state index contributed by atoms with van der Waals surface area (Å²) in [7, 11) is 3.28. The second-order valence-electron chi connectivity index (χ2n) is 5.63. The fraction of sp³-hybridized carbons (Fsp3) is 0.611. The molecule has 134 valence electrons. The smallest absolute Gasteiger partial charge is 0.203 e. The summed E-state index contributed by atoms with van der Waals surface area (Å²) in [4.78, 5) is 7.08. The topological polar surface area (TPSA) is 55.3 Å². The molecule has 2 rings (SSSR count). The van der Waals surface area contributed by atoms with E-state index >= 15 is 0 Å². The quantitative estimate of drug-likeness (QED) is 0.613. The van der Waals surface area contributed by atoms with E-state index in [2.05, 4.69) is 17.1 Å². The van der Waals surface area contributed by atoms with Crippen molar-refractivity contribution in [2.24, 2.45) is 4.99 Å². The van der Waals surface area contributed by atoms with Gasteiger partial charge in [-0.1, -0.05) is 0 Å². The molecule has 0 radical (unpaired) electrons. The highest BCUT2D eigenvalue weighted by Crippen LogP contribution is 2.38. The fourth-order valence-corrected chi connectivity index (χ4v) is 2.83. The van der Waals surface area contributed by atoms with Crippen molar-refractivity contribution >= 4 is 5.96 Å². The first-order chi connectivity index (χ1) is 11.7. The molecule has 0 atom stereocenters. The molecule has 0 aliphatic carbocycles. The summed E-state index contributed by atoms with van der Waals surface area (Å²) in [5.74, 6) is 2.96. The van der Waals surface area contributed by atoms with Crippen molar-refractivity contribution in [2.45, 2.75) is 33.2 Å². The summed E-state index contributed by atoms with van der Waals surface area (Å²) >= 11 is 0. The Kier molecular flexibility index (Phi) is 7.03. The SMILES string of the molecule is CCNC(=NCc1cc(OC)c(OCC)c(OC)c1)N1CCCC1. The van der Waals surface area contributed by atoms with E-state index in [1.165, 1.54) is 12.8 Å². The summed E-state index contributed by atoms with van der Waals surface area (Å²) in [6.45, 7) is 8.17. The number of likely N-dealkylation sites (tertiary alicyclic amines) is 1. The van der Waals surface area contributed by atoms with Crippen molar-refractivity contribution in [3.63, 3.8) is 0 Å². The fourth-order valence-electron chi connectivity index (χ4n) is 2.83. The Bertz CT molecular complexity index is 529. The van der Waals surface area contributed by atoms with Gasteiger partial charge in [-0.05, 0) is 44.4 Å². The van der Waals surface area contributed by atoms with Gasteiger partial charge in [0.1, 0.15) is 0 Å². The number of benzene rings is 1. The van der Waals surface area contributed by atoms with Gasteiger partial charge in [0.15, 0.2) is 17.5 Å². The van der Waals surface area contributed by atoms with Gasteiger partial charge >= 0.3 is 0 Å². The minimum Gasteiger partial charge on any atom is -0.493 e. The van der Waals surface area contributed by atoms with Crippen LogP contribution in [0.3, 0.4) is 0 Å². The number of rotatable bonds is 7. The Balaban J connectivity index is 2.22. The molecule has 6 heteroatoms. The molecule has 1 aliphatic rings. The first-order valence-corrected chi connectivity index (χ1v) is 8.64. The van der Waals surface area contributed by atoms with Crippen LogP contribution in [-0.4, -0.2) is 51.3 Å². The van der Waals surface area contributed by atoms with E-state index in [4.69, 9.17) is 19.2 Å². The highest BCUT2D eigenvalue weighted by Gasteiger charge is 2.17. The van der Waals surface area contributed by atoms with Crippen LogP contribution in [0.15, 0.2) is 17.1 Å². The number of hydrogen-bond acceptors (Lipinski definition) is 4. The Morgan fingerprint density at radius 2 is 1.75 bits per heavy atom. The zero-order valence-electron chi connectivity index (χ0n) is 15.2. The van der Waals surface area contributed by atoms with E-state index in [0.717, 1.165) is 31.2 Å². The predicted molar refractivity (Wildman–Crippen MR) is 96.3 cm³/mol. The Morgan fingerprint density at radius 1 is 1.12 bits per heavy atom. The van der Waals surface area contributed by atoms with Crippen molar-refractivity contribution < 1.29 is 14.2 Å². The summed E-state index contributed by atoms with van der Waals surface area (Å²) in [6.07, 6.45) is 2.46. The average Bonchev–Trinajstić information content (AvgIpc) is 3.13. The summed E-state index contributed by atoms with van der Waals surface area (Å²) in [6, 6.07) is 3.93. The maximum Gasteiger partial charge on any atom is 0.203 e. The van der Waals surface area contributed by atoms with Crippen LogP contribution in [0.2, 0.25) is 0 Å². The first kappa shape index (κ1) is 18.2. The molecule has 0 bridgehead atoms. The summed E-state index contributed by atoms with van der Waals surface area (Å²) < 4.78 is 16.6. The number of aliphatic imine (C=N–C) groups is 1. The number of nitrogens with zero attached hydrogens (tertiary/aromatic N) is 2. The third kappa shape index (κ3) is 4.46. The minimum absolute atomic E-state index is 0.559. The second-order valence-corrected chi connectivity index (χ2v) is 5.63. The van der Waals surface area contributed by atoms with Crippen LogP contribution in [0, 0.1) is 0 Å². The van der Waals surface area contributed by atoms with E-state index in [9.17, 15) is 0 Å². The lowest BCUT2D eigenvalue weighted by Gasteiger charge is -2.21. The van der Waals surface area contributed by atoms with Gasteiger partial charge in [0.2, 0.25) is 5.75 Å². The second kappa shape index (κ2) is 9.25. The van der Waals surface area contributed by atoms with Gasteiger partial charge in [-0.2, -0.15) is 0 Å². The Labute approximate surface area is 144 Å². The normalized spacial score (nSPS) is 14.7. The van der Waals surface area contributed by atoms with E-state index < -0.39 is 0 Å². The molecule has 1 heterocycles. The molecular weight excluding hydrogens is 306 g/mol. The lowest BCUT2D eigenvalue weighted by atomic mass is 10.2. The number of nitrogens with one attached hydrogen (secondary N) is 1. The maximum atomic E-state index is 5.64. The molecule has 0 amide bonds. The van der Waals surface area contributed by atoms with Crippen molar-refractivity contribution in [1.29, 1.82) is 0 Å². The number of guanidine groups is 1. The van der Waals surface area contributed by atoms with Crippen LogP contribution in [0.5, 0.6) is 17.2 Å². The minimum atomic E-state index is 0.559. The zero-order valence-corrected chi connectivity index (χ0v) is 15.2. The molecule has 1 saturated heterocycles. The molecule has 1 aromatic carbocycles. The van der Waals surface area contributed by atoms with Crippen molar-refractivity contribution in [3.8, 4) is 17.2 Å². The number of ether oxygens (including phenoxy) is 3. The van der Waals surface area contributed by atoms with Gasteiger partial charge in [-0.25, -0.2) is 4.99 Å². The maximum absolute atomic E-state index is 5.64. The molecule has 24 heavy (non-hydrogen) atoms. The summed E-state index contributed by atoms with van der Waals surface area (Å²) in [5.41, 5.74) is 1.03. The predicted octanol–water partition coefficient (Wildman–Crippen LogP) is 2.66. The summed E-state index contributed by atoms with van der Waals surface area (Å²) in [5, 5.41) is 3.37. The number of hydrogen-bond donors (Lipinski definition) is 1. The van der Waals surface area contributed by atoms with Crippen molar-refractivity contribution in [1.82, 2.24) is 10.2 Å². The zero-order chi connectivity index (χ0) is 17.4. The molecule has 0 saturated carbocycles. The third-order valence-electron chi connectivity index (χ3n) is 3.96. The average molecular weight is 335 g/mol. The third-order valence-corrected chi connectivity index (χ3v) is 3.96. The molecule has 1 fully saturated rings. The van der Waals surface area contributed by atoms with Crippen molar-refractivity contribution in [3.05, 3.63) is 17.7 Å². The van der Waals surface area contributed by atoms with Gasteiger partial charge in [0.05, 0.1) is 27.4 Å². The van der Waals surface area contributed by atoms with E-state index in [1.807, 2.05) is 19.1 Å². The molecule has 0 spiro atoms. The van der Waals surface area contributed by atoms with Gasteiger partial charge in [-0.3, -0.25) is 0 Å². The Morgan fingerprint density at radius 3 is 2.25 bits per heavy atom. The van der Waals surface area contributed by atoms with Crippen LogP contribution < -0.4 is 19.5 Å². The number of methoxy groups -OCH3 is 2. The highest BCUT2D eigenvalue weighted by molar-refractivity contribution is 5.80. The van der Waals surface area contributed by atoms with Gasteiger partial charge in [0.25, 0.3) is 0 Å². The van der Waals surface area contributed by atoms with E-state index in [-0.39, 0.29) is 0 Å². The van der Waals surface area contributed by atoms with Crippen molar-refractivity contribution in [2.75, 3.05) is 40.5 Å². The molecule has 1 aliphatic heterocycles. The molecule has 1 aromatic rings. The monoisotopic (exact) mass is 335 g/mol. The molecular formula is C18H29N3O3. The largest absolute Gasteiger partial charge is 0.493 e. The van der Waals surface area contributed by atoms with Crippen LogP contribution >= 0.6 is 0 Å². The molecule has 0 aromatic heterocycles. The van der Waals surface area contributed by atoms with E-state index in [0.29, 0.717) is 30.4 Å². The first-order valence-electron chi connectivity index (χ1n) is 8.64. The highest BCUT2D eigenvalue weighted by atomic mass is 16.5. The van der Waals surface area contributed by atoms with Gasteiger partial charge < -0.3 is 24.4 Å². The molecule has 0 unspecified atom stereocenters. The van der Waals surface area contributed by atoms with Gasteiger partial charge in [-0.15, -0.1) is 0 Å².